The first-order valence-electron chi connectivity index (χ1n) is 7.57. The van der Waals surface area contributed by atoms with Crippen molar-refractivity contribution in [2.75, 3.05) is 7.11 Å². The summed E-state index contributed by atoms with van der Waals surface area (Å²) in [5, 5.41) is 9.41. The lowest BCUT2D eigenvalue weighted by Crippen LogP contribution is -2.03. The number of phenolic OH excluding ortho intramolecular Hbond substituents is 1. The molecule has 0 aliphatic carbocycles. The summed E-state index contributed by atoms with van der Waals surface area (Å²) in [6.45, 7) is 4.49. The van der Waals surface area contributed by atoms with Crippen molar-refractivity contribution in [3.8, 4) is 11.5 Å². The average molecular weight is 284 g/mol. The highest BCUT2D eigenvalue weighted by Crippen LogP contribution is 2.33. The number of methoxy groups -OCH3 is 1. The van der Waals surface area contributed by atoms with Crippen LogP contribution in [0.1, 0.15) is 49.7 Å². The van der Waals surface area contributed by atoms with Gasteiger partial charge in [-0.1, -0.05) is 38.1 Å². The molecule has 0 heterocycles. The standard InChI is InChI=1S/C19H24O2/c1-4-15(17-5-9-18(20)10-6-17)13-14(2)16-7-11-19(21-3)12-8-16/h5-12,14-15,20H,4,13H2,1-3H3. The molecular formula is C19H24O2. The largest absolute Gasteiger partial charge is 0.508 e. The van der Waals surface area contributed by atoms with E-state index >= 15 is 0 Å². The van der Waals surface area contributed by atoms with Crippen LogP contribution >= 0.6 is 0 Å². The molecule has 2 nitrogen and oxygen atoms in total. The molecule has 0 spiro atoms. The maximum atomic E-state index is 9.41. The lowest BCUT2D eigenvalue weighted by atomic mass is 9.84. The molecule has 0 saturated carbocycles. The highest BCUT2D eigenvalue weighted by Gasteiger charge is 2.15. The maximum Gasteiger partial charge on any atom is 0.118 e. The molecule has 2 heteroatoms. The monoisotopic (exact) mass is 284 g/mol. The molecule has 0 saturated heterocycles. The van der Waals surface area contributed by atoms with Crippen molar-refractivity contribution in [2.45, 2.75) is 38.5 Å². The van der Waals surface area contributed by atoms with E-state index in [0.29, 0.717) is 17.6 Å². The molecule has 21 heavy (non-hydrogen) atoms. The Morgan fingerprint density at radius 2 is 1.52 bits per heavy atom. The molecule has 0 radical (unpaired) electrons. The topological polar surface area (TPSA) is 29.5 Å². The number of hydrogen-bond donors (Lipinski definition) is 1. The van der Waals surface area contributed by atoms with E-state index in [1.807, 2.05) is 24.3 Å². The zero-order valence-electron chi connectivity index (χ0n) is 13.0. The summed E-state index contributed by atoms with van der Waals surface area (Å²) < 4.78 is 5.21. The van der Waals surface area contributed by atoms with Crippen LogP contribution in [0.3, 0.4) is 0 Å². The van der Waals surface area contributed by atoms with Gasteiger partial charge in [0.2, 0.25) is 0 Å². The van der Waals surface area contributed by atoms with Crippen molar-refractivity contribution in [2.24, 2.45) is 0 Å². The first-order chi connectivity index (χ1) is 10.1. The van der Waals surface area contributed by atoms with Crippen LogP contribution in [0.2, 0.25) is 0 Å². The number of ether oxygens (including phenoxy) is 1. The van der Waals surface area contributed by atoms with Crippen molar-refractivity contribution in [3.63, 3.8) is 0 Å². The predicted octanol–water partition coefficient (Wildman–Crippen LogP) is 5.09. The molecule has 0 bridgehead atoms. The van der Waals surface area contributed by atoms with E-state index < -0.39 is 0 Å². The second-order valence-electron chi connectivity index (χ2n) is 5.61. The molecule has 2 atom stereocenters. The van der Waals surface area contributed by atoms with Crippen LogP contribution in [0, 0.1) is 0 Å². The molecule has 2 aromatic carbocycles. The Labute approximate surface area is 127 Å². The molecule has 1 N–H and O–H groups in total. The van der Waals surface area contributed by atoms with Gasteiger partial charge in [-0.25, -0.2) is 0 Å². The Bertz CT molecular complexity index is 543. The van der Waals surface area contributed by atoms with E-state index in [2.05, 4.69) is 26.0 Å². The van der Waals surface area contributed by atoms with Gasteiger partial charge in [0.1, 0.15) is 11.5 Å². The molecule has 2 rings (SSSR count). The second-order valence-corrected chi connectivity index (χ2v) is 5.61. The van der Waals surface area contributed by atoms with Gasteiger partial charge in [0.15, 0.2) is 0 Å². The molecule has 0 amide bonds. The molecule has 2 aromatic rings. The minimum Gasteiger partial charge on any atom is -0.508 e. The Balaban J connectivity index is 2.08. The zero-order valence-corrected chi connectivity index (χ0v) is 13.0. The number of rotatable bonds is 6. The Morgan fingerprint density at radius 1 is 0.952 bits per heavy atom. The molecule has 0 fully saturated rings. The fraction of sp³-hybridized carbons (Fsp3) is 0.368. The summed E-state index contributed by atoms with van der Waals surface area (Å²) in [4.78, 5) is 0. The van der Waals surface area contributed by atoms with Gasteiger partial charge in [0, 0.05) is 0 Å². The van der Waals surface area contributed by atoms with E-state index in [1.165, 1.54) is 11.1 Å². The average Bonchev–Trinajstić information content (AvgIpc) is 2.53. The van der Waals surface area contributed by atoms with Crippen molar-refractivity contribution in [1.29, 1.82) is 0 Å². The first kappa shape index (κ1) is 15.4. The zero-order chi connectivity index (χ0) is 15.2. The minimum atomic E-state index is 0.330. The van der Waals surface area contributed by atoms with E-state index in [9.17, 15) is 5.11 Å². The van der Waals surface area contributed by atoms with Gasteiger partial charge < -0.3 is 9.84 Å². The van der Waals surface area contributed by atoms with Crippen LogP contribution in [-0.2, 0) is 0 Å². The van der Waals surface area contributed by atoms with Crippen molar-refractivity contribution < 1.29 is 9.84 Å². The lowest BCUT2D eigenvalue weighted by molar-refractivity contribution is 0.414. The number of hydrogen-bond acceptors (Lipinski definition) is 2. The van der Waals surface area contributed by atoms with E-state index in [0.717, 1.165) is 18.6 Å². The van der Waals surface area contributed by atoms with Gasteiger partial charge >= 0.3 is 0 Å². The highest BCUT2D eigenvalue weighted by molar-refractivity contribution is 5.31. The fourth-order valence-electron chi connectivity index (χ4n) is 2.78. The van der Waals surface area contributed by atoms with Crippen molar-refractivity contribution >= 4 is 0 Å². The van der Waals surface area contributed by atoms with E-state index in [4.69, 9.17) is 4.74 Å². The van der Waals surface area contributed by atoms with E-state index in [1.54, 1.807) is 19.2 Å². The van der Waals surface area contributed by atoms with Gasteiger partial charge in [-0.3, -0.25) is 0 Å². The fourth-order valence-corrected chi connectivity index (χ4v) is 2.78. The lowest BCUT2D eigenvalue weighted by Gasteiger charge is -2.21. The molecule has 0 aliphatic rings. The number of phenols is 1. The summed E-state index contributed by atoms with van der Waals surface area (Å²) in [6, 6.07) is 15.9. The minimum absolute atomic E-state index is 0.330. The molecule has 2 unspecified atom stereocenters. The van der Waals surface area contributed by atoms with Gasteiger partial charge in [0.05, 0.1) is 7.11 Å². The summed E-state index contributed by atoms with van der Waals surface area (Å²) in [5.41, 5.74) is 2.64. The third-order valence-corrected chi connectivity index (χ3v) is 4.18. The van der Waals surface area contributed by atoms with Crippen LogP contribution < -0.4 is 4.74 Å². The van der Waals surface area contributed by atoms with Crippen LogP contribution in [0.15, 0.2) is 48.5 Å². The molecule has 112 valence electrons. The molecule has 0 aliphatic heterocycles. The summed E-state index contributed by atoms with van der Waals surface area (Å²) in [6.07, 6.45) is 2.21. The normalized spacial score (nSPS) is 13.7. The second kappa shape index (κ2) is 7.16. The Hall–Kier alpha value is -1.96. The summed E-state index contributed by atoms with van der Waals surface area (Å²) in [5.74, 6) is 2.24. The maximum absolute atomic E-state index is 9.41. The SMILES string of the molecule is CCC(CC(C)c1ccc(OC)cc1)c1ccc(O)cc1. The summed E-state index contributed by atoms with van der Waals surface area (Å²) in [7, 11) is 1.69. The number of aromatic hydroxyl groups is 1. The molecular weight excluding hydrogens is 260 g/mol. The third-order valence-electron chi connectivity index (χ3n) is 4.18. The Kier molecular flexibility index (Phi) is 5.26. The van der Waals surface area contributed by atoms with Gasteiger partial charge in [-0.15, -0.1) is 0 Å². The Morgan fingerprint density at radius 3 is 2.05 bits per heavy atom. The smallest absolute Gasteiger partial charge is 0.118 e. The first-order valence-corrected chi connectivity index (χ1v) is 7.57. The molecule has 0 aromatic heterocycles. The quantitative estimate of drug-likeness (QED) is 0.800. The van der Waals surface area contributed by atoms with Crippen LogP contribution in [0.5, 0.6) is 11.5 Å². The van der Waals surface area contributed by atoms with Gasteiger partial charge in [0.25, 0.3) is 0 Å². The predicted molar refractivity (Wildman–Crippen MR) is 87.2 cm³/mol. The van der Waals surface area contributed by atoms with Gasteiger partial charge in [-0.05, 0) is 60.1 Å². The van der Waals surface area contributed by atoms with Crippen LogP contribution in [-0.4, -0.2) is 12.2 Å². The van der Waals surface area contributed by atoms with Crippen LogP contribution in [0.25, 0.3) is 0 Å². The highest BCUT2D eigenvalue weighted by atomic mass is 16.5. The van der Waals surface area contributed by atoms with E-state index in [-0.39, 0.29) is 0 Å². The van der Waals surface area contributed by atoms with Gasteiger partial charge in [-0.2, -0.15) is 0 Å². The third kappa shape index (κ3) is 4.01. The number of benzene rings is 2. The van der Waals surface area contributed by atoms with Crippen molar-refractivity contribution in [1.82, 2.24) is 0 Å². The van der Waals surface area contributed by atoms with Crippen molar-refractivity contribution in [3.05, 3.63) is 59.7 Å². The van der Waals surface area contributed by atoms with Crippen LogP contribution in [0.4, 0.5) is 0 Å². The summed E-state index contributed by atoms with van der Waals surface area (Å²) >= 11 is 0.